The molecule has 6 nitrogen and oxygen atoms in total. The van der Waals surface area contributed by atoms with Crippen molar-refractivity contribution in [1.29, 1.82) is 0 Å². The molecule has 0 radical (unpaired) electrons. The van der Waals surface area contributed by atoms with Crippen LogP contribution in [0, 0.1) is 5.41 Å². The van der Waals surface area contributed by atoms with Gasteiger partial charge >= 0.3 is 0 Å². The van der Waals surface area contributed by atoms with Crippen LogP contribution in [-0.4, -0.2) is 33.4 Å². The highest BCUT2D eigenvalue weighted by Gasteiger charge is 2.23. The number of aliphatic hydroxyl groups excluding tert-OH is 1. The maximum Gasteiger partial charge on any atom is 0.274 e. The molecule has 0 fully saturated rings. The van der Waals surface area contributed by atoms with E-state index in [1.807, 2.05) is 13.8 Å². The predicted molar refractivity (Wildman–Crippen MR) is 108 cm³/mol. The molecule has 0 bridgehead atoms. The fraction of sp³-hybridized carbons (Fsp3) is 0.571. The second-order valence-corrected chi connectivity index (χ2v) is 8.03. The summed E-state index contributed by atoms with van der Waals surface area (Å²) in [4.78, 5) is 25.5. The lowest BCUT2D eigenvalue weighted by Gasteiger charge is -2.26. The Hall–Kier alpha value is -2.21. The van der Waals surface area contributed by atoms with Gasteiger partial charge in [-0.2, -0.15) is 5.10 Å². The van der Waals surface area contributed by atoms with Gasteiger partial charge in [-0.05, 0) is 31.2 Å². The average molecular weight is 373 g/mol. The van der Waals surface area contributed by atoms with E-state index in [1.165, 1.54) is 4.68 Å². The van der Waals surface area contributed by atoms with E-state index in [9.17, 15) is 14.7 Å². The van der Waals surface area contributed by atoms with Crippen LogP contribution in [0.25, 0.3) is 10.8 Å². The molecule has 27 heavy (non-hydrogen) atoms. The summed E-state index contributed by atoms with van der Waals surface area (Å²) in [5, 5.41) is 18.0. The van der Waals surface area contributed by atoms with E-state index in [-0.39, 0.29) is 22.6 Å². The first kappa shape index (κ1) is 21.1. The van der Waals surface area contributed by atoms with Crippen LogP contribution in [0.3, 0.4) is 0 Å². The molecule has 1 heterocycles. The fourth-order valence-corrected chi connectivity index (χ4v) is 3.34. The van der Waals surface area contributed by atoms with Crippen LogP contribution in [0.4, 0.5) is 0 Å². The third-order valence-corrected chi connectivity index (χ3v) is 4.63. The van der Waals surface area contributed by atoms with E-state index in [1.54, 1.807) is 31.2 Å². The van der Waals surface area contributed by atoms with Gasteiger partial charge in [0.15, 0.2) is 5.69 Å². The third kappa shape index (κ3) is 5.63. The molecule has 2 rings (SSSR count). The number of hydrogen-bond acceptors (Lipinski definition) is 4. The maximum absolute atomic E-state index is 12.8. The number of benzene rings is 1. The highest BCUT2D eigenvalue weighted by Crippen LogP contribution is 2.21. The number of aromatic nitrogens is 2. The van der Waals surface area contributed by atoms with Gasteiger partial charge in [-0.25, -0.2) is 4.68 Å². The number of fused-ring (bicyclic) bond motifs is 1. The molecule has 0 aliphatic carbocycles. The lowest BCUT2D eigenvalue weighted by atomic mass is 9.87. The first-order valence-electron chi connectivity index (χ1n) is 9.71. The minimum Gasteiger partial charge on any atom is -0.393 e. The number of hydrogen-bond donors (Lipinski definition) is 2. The van der Waals surface area contributed by atoms with E-state index in [2.05, 4.69) is 17.3 Å². The molecule has 6 heteroatoms. The number of carbonyl (C=O) groups is 1. The number of unbranched alkanes of at least 4 members (excludes halogenated alkanes) is 2. The summed E-state index contributed by atoms with van der Waals surface area (Å²) >= 11 is 0. The van der Waals surface area contributed by atoms with E-state index in [4.69, 9.17) is 0 Å². The number of nitrogens with zero attached hydrogens (tertiary/aromatic N) is 2. The Bertz CT molecular complexity index is 840. The maximum atomic E-state index is 12.8. The number of aliphatic hydroxyl groups is 1. The zero-order valence-corrected chi connectivity index (χ0v) is 16.8. The molecule has 0 saturated carbocycles. The Balaban J connectivity index is 2.31. The highest BCUT2D eigenvalue weighted by atomic mass is 16.3. The van der Waals surface area contributed by atoms with Gasteiger partial charge in [0.1, 0.15) is 0 Å². The van der Waals surface area contributed by atoms with Crippen LogP contribution < -0.4 is 10.9 Å². The van der Waals surface area contributed by atoms with Crippen LogP contribution in [0.1, 0.15) is 63.9 Å². The summed E-state index contributed by atoms with van der Waals surface area (Å²) in [6, 6.07) is 7.10. The topological polar surface area (TPSA) is 84.2 Å². The number of aryl methyl sites for hydroxylation is 1. The molecule has 1 atom stereocenters. The largest absolute Gasteiger partial charge is 0.393 e. The first-order chi connectivity index (χ1) is 12.7. The number of amides is 1. The van der Waals surface area contributed by atoms with Crippen molar-refractivity contribution < 1.29 is 9.90 Å². The van der Waals surface area contributed by atoms with E-state index in [0.717, 1.165) is 19.3 Å². The van der Waals surface area contributed by atoms with Crippen molar-refractivity contribution in [3.05, 3.63) is 40.3 Å². The molecule has 0 aliphatic rings. The van der Waals surface area contributed by atoms with Gasteiger partial charge < -0.3 is 10.4 Å². The van der Waals surface area contributed by atoms with Gasteiger partial charge in [0.2, 0.25) is 0 Å². The smallest absolute Gasteiger partial charge is 0.274 e. The van der Waals surface area contributed by atoms with Gasteiger partial charge in [-0.15, -0.1) is 0 Å². The summed E-state index contributed by atoms with van der Waals surface area (Å²) in [5.41, 5.74) is -0.128. The van der Waals surface area contributed by atoms with Gasteiger partial charge in [-0.1, -0.05) is 51.8 Å². The Morgan fingerprint density at radius 1 is 1.26 bits per heavy atom. The monoisotopic (exact) mass is 373 g/mol. The summed E-state index contributed by atoms with van der Waals surface area (Å²) < 4.78 is 1.41. The first-order valence-corrected chi connectivity index (χ1v) is 9.71. The van der Waals surface area contributed by atoms with Gasteiger partial charge in [-0.3, -0.25) is 9.59 Å². The molecule has 148 valence electrons. The predicted octanol–water partition coefficient (Wildman–Crippen LogP) is 3.11. The zero-order valence-electron chi connectivity index (χ0n) is 16.8. The van der Waals surface area contributed by atoms with Gasteiger partial charge in [0.05, 0.1) is 11.5 Å². The Morgan fingerprint density at radius 2 is 1.93 bits per heavy atom. The van der Waals surface area contributed by atoms with Crippen LogP contribution in [0.15, 0.2) is 29.1 Å². The molecule has 1 aromatic carbocycles. The summed E-state index contributed by atoms with van der Waals surface area (Å²) in [5.74, 6) is -0.297. The Morgan fingerprint density at radius 3 is 2.56 bits per heavy atom. The van der Waals surface area contributed by atoms with Crippen molar-refractivity contribution in [3.63, 3.8) is 0 Å². The minimum absolute atomic E-state index is 0.160. The molecule has 0 saturated heterocycles. The van der Waals surface area contributed by atoms with E-state index < -0.39 is 6.10 Å². The number of rotatable bonds is 9. The highest BCUT2D eigenvalue weighted by molar-refractivity contribution is 6.04. The molecule has 0 unspecified atom stereocenters. The van der Waals surface area contributed by atoms with Crippen LogP contribution in [0.2, 0.25) is 0 Å². The van der Waals surface area contributed by atoms with Gasteiger partial charge in [0, 0.05) is 18.5 Å². The third-order valence-electron chi connectivity index (χ3n) is 4.63. The van der Waals surface area contributed by atoms with Crippen LogP contribution in [0.5, 0.6) is 0 Å². The van der Waals surface area contributed by atoms with E-state index in [0.29, 0.717) is 30.3 Å². The lowest BCUT2D eigenvalue weighted by molar-refractivity contribution is 0.0896. The van der Waals surface area contributed by atoms with Crippen molar-refractivity contribution in [1.82, 2.24) is 15.1 Å². The summed E-state index contributed by atoms with van der Waals surface area (Å²) in [6.07, 6.45) is 3.06. The van der Waals surface area contributed by atoms with Crippen LogP contribution >= 0.6 is 0 Å². The quantitative estimate of drug-likeness (QED) is 0.662. The van der Waals surface area contributed by atoms with Crippen molar-refractivity contribution in [3.8, 4) is 0 Å². The summed E-state index contributed by atoms with van der Waals surface area (Å²) in [7, 11) is 0. The summed E-state index contributed by atoms with van der Waals surface area (Å²) in [6.45, 7) is 8.76. The molecule has 0 aliphatic heterocycles. The molecular weight excluding hydrogens is 342 g/mol. The Labute approximate surface area is 160 Å². The van der Waals surface area contributed by atoms with Crippen molar-refractivity contribution >= 4 is 16.7 Å². The SMILES string of the molecule is CCCCCn1nc(C(=O)NCC(C)(C)C[C@H](C)O)c2ccccc2c1=O. The Kier molecular flexibility index (Phi) is 7.13. The number of carbonyl (C=O) groups excluding carboxylic acids is 1. The molecule has 2 aromatic rings. The second kappa shape index (κ2) is 9.13. The molecule has 1 aromatic heterocycles. The lowest BCUT2D eigenvalue weighted by Crippen LogP contribution is -2.37. The van der Waals surface area contributed by atoms with Crippen molar-refractivity contribution in [2.75, 3.05) is 6.54 Å². The number of nitrogens with one attached hydrogen (secondary N) is 1. The molecule has 0 spiro atoms. The molecule has 2 N–H and O–H groups in total. The normalized spacial score (nSPS) is 12.9. The molecular formula is C21H31N3O3. The van der Waals surface area contributed by atoms with E-state index >= 15 is 0 Å². The minimum atomic E-state index is -0.434. The van der Waals surface area contributed by atoms with Crippen LogP contribution in [-0.2, 0) is 6.54 Å². The van der Waals surface area contributed by atoms with Crippen molar-refractivity contribution in [2.24, 2.45) is 5.41 Å². The van der Waals surface area contributed by atoms with Crippen molar-refractivity contribution in [2.45, 2.75) is 66.0 Å². The van der Waals surface area contributed by atoms with Gasteiger partial charge in [0.25, 0.3) is 11.5 Å². The fourth-order valence-electron chi connectivity index (χ4n) is 3.34. The second-order valence-electron chi connectivity index (χ2n) is 8.03. The zero-order chi connectivity index (χ0) is 20.0. The average Bonchev–Trinajstić information content (AvgIpc) is 2.61. The standard InChI is InChI=1S/C21H31N3O3/c1-5-6-9-12-24-20(27)17-11-8-7-10-16(17)18(23-24)19(26)22-14-21(3,4)13-15(2)25/h7-8,10-11,15,25H,5-6,9,12-14H2,1-4H3,(H,22,26)/t15-/m0/s1. The molecule has 1 amide bonds.